The van der Waals surface area contributed by atoms with E-state index in [1.54, 1.807) is 0 Å². The van der Waals surface area contributed by atoms with E-state index in [-0.39, 0.29) is 0 Å². The Bertz CT molecular complexity index is 186. The third kappa shape index (κ3) is 9.32. The van der Waals surface area contributed by atoms with Gasteiger partial charge in [-0.3, -0.25) is 0 Å². The number of hydrogen-bond donors (Lipinski definition) is 0. The zero-order valence-electron chi connectivity index (χ0n) is 9.68. The maximum atomic E-state index is 8.39. The van der Waals surface area contributed by atoms with Gasteiger partial charge in [0.2, 0.25) is 0 Å². The van der Waals surface area contributed by atoms with Crippen LogP contribution in [0.25, 0.3) is 0 Å². The molecule has 0 aliphatic carbocycles. The Kier molecular flexibility index (Phi) is 9.74. The van der Waals surface area contributed by atoms with Gasteiger partial charge in [-0.15, -0.1) is 0 Å². The van der Waals surface area contributed by atoms with Crippen LogP contribution in [0.5, 0.6) is 0 Å². The molecule has 0 fully saturated rings. The second-order valence-corrected chi connectivity index (χ2v) is 3.93. The van der Waals surface area contributed by atoms with Crippen molar-refractivity contribution in [3.8, 4) is 6.07 Å². The van der Waals surface area contributed by atoms with Crippen LogP contribution in [0.1, 0.15) is 65.2 Å². The van der Waals surface area contributed by atoms with Crippen molar-refractivity contribution < 1.29 is 0 Å². The summed E-state index contributed by atoms with van der Waals surface area (Å²) in [5, 5.41) is 8.39. The first-order valence-corrected chi connectivity index (χ1v) is 5.83. The highest BCUT2D eigenvalue weighted by molar-refractivity contribution is 5.01. The summed E-state index contributed by atoms with van der Waals surface area (Å²) in [7, 11) is 0. The molecule has 0 aromatic heterocycles. The Morgan fingerprint density at radius 2 is 1.79 bits per heavy atom. The SMILES string of the molecule is CCCCCCCC/C(C)=C/CC#N. The predicted molar refractivity (Wildman–Crippen MR) is 62.0 cm³/mol. The Hall–Kier alpha value is -0.770. The summed E-state index contributed by atoms with van der Waals surface area (Å²) >= 11 is 0. The van der Waals surface area contributed by atoms with Gasteiger partial charge in [-0.05, 0) is 19.8 Å². The molecule has 0 aromatic rings. The molecule has 0 rings (SSSR count). The maximum Gasteiger partial charge on any atom is 0.0663 e. The van der Waals surface area contributed by atoms with Crippen molar-refractivity contribution in [2.24, 2.45) is 0 Å². The highest BCUT2D eigenvalue weighted by Gasteiger charge is 1.92. The maximum absolute atomic E-state index is 8.39. The lowest BCUT2D eigenvalue weighted by Gasteiger charge is -2.01. The molecule has 0 spiro atoms. The van der Waals surface area contributed by atoms with Crippen LogP contribution in [-0.4, -0.2) is 0 Å². The second kappa shape index (κ2) is 10.3. The molecule has 0 saturated carbocycles. The van der Waals surface area contributed by atoms with E-state index in [0.717, 1.165) is 0 Å². The first-order chi connectivity index (χ1) is 6.81. The van der Waals surface area contributed by atoms with Crippen molar-refractivity contribution in [2.45, 2.75) is 65.2 Å². The van der Waals surface area contributed by atoms with E-state index < -0.39 is 0 Å². The van der Waals surface area contributed by atoms with Crippen LogP contribution in [0.15, 0.2) is 11.6 Å². The molecule has 0 atom stereocenters. The molecule has 0 bridgehead atoms. The Balaban J connectivity index is 3.23. The van der Waals surface area contributed by atoms with Crippen LogP contribution in [0.3, 0.4) is 0 Å². The molecule has 14 heavy (non-hydrogen) atoms. The fourth-order valence-electron chi connectivity index (χ4n) is 1.51. The lowest BCUT2D eigenvalue weighted by atomic mass is 10.1. The van der Waals surface area contributed by atoms with Gasteiger partial charge in [0.15, 0.2) is 0 Å². The third-order valence-electron chi connectivity index (χ3n) is 2.47. The summed E-state index contributed by atoms with van der Waals surface area (Å²) in [5.41, 5.74) is 1.38. The Labute approximate surface area is 88.8 Å². The molecule has 1 heteroatoms. The smallest absolute Gasteiger partial charge is 0.0663 e. The zero-order chi connectivity index (χ0) is 10.6. The molecule has 0 heterocycles. The van der Waals surface area contributed by atoms with Gasteiger partial charge in [0, 0.05) is 0 Å². The molecule has 80 valence electrons. The van der Waals surface area contributed by atoms with E-state index in [0.29, 0.717) is 6.42 Å². The van der Waals surface area contributed by atoms with Crippen molar-refractivity contribution in [3.05, 3.63) is 11.6 Å². The van der Waals surface area contributed by atoms with Gasteiger partial charge in [0.1, 0.15) is 0 Å². The molecule has 0 saturated heterocycles. The first kappa shape index (κ1) is 13.2. The van der Waals surface area contributed by atoms with Gasteiger partial charge < -0.3 is 0 Å². The van der Waals surface area contributed by atoms with Gasteiger partial charge in [-0.25, -0.2) is 0 Å². The molecule has 0 aliphatic rings. The first-order valence-electron chi connectivity index (χ1n) is 5.83. The number of rotatable bonds is 8. The minimum atomic E-state index is 0.571. The Morgan fingerprint density at radius 1 is 1.14 bits per heavy atom. The fourth-order valence-corrected chi connectivity index (χ4v) is 1.51. The van der Waals surface area contributed by atoms with E-state index in [2.05, 4.69) is 19.9 Å². The van der Waals surface area contributed by atoms with Crippen LogP contribution < -0.4 is 0 Å². The van der Waals surface area contributed by atoms with E-state index >= 15 is 0 Å². The highest BCUT2D eigenvalue weighted by atomic mass is 14.2. The molecule has 0 aliphatic heterocycles. The molecular weight excluding hydrogens is 170 g/mol. The molecule has 0 aromatic carbocycles. The summed E-state index contributed by atoms with van der Waals surface area (Å²) in [6, 6.07) is 2.14. The van der Waals surface area contributed by atoms with Crippen LogP contribution in [0.2, 0.25) is 0 Å². The topological polar surface area (TPSA) is 23.8 Å². The standard InChI is InChI=1S/C13H23N/c1-3-4-5-6-7-8-10-13(2)11-9-12-14/h11H,3-10H2,1-2H3/b13-11+. The summed E-state index contributed by atoms with van der Waals surface area (Å²) < 4.78 is 0. The number of nitrogens with zero attached hydrogens (tertiary/aromatic N) is 1. The number of nitriles is 1. The van der Waals surface area contributed by atoms with Gasteiger partial charge in [0.25, 0.3) is 0 Å². The van der Waals surface area contributed by atoms with Crippen LogP contribution in [0.4, 0.5) is 0 Å². The molecule has 0 unspecified atom stereocenters. The number of allylic oxidation sites excluding steroid dienone is 2. The minimum absolute atomic E-state index is 0.571. The Morgan fingerprint density at radius 3 is 2.43 bits per heavy atom. The molecule has 0 amide bonds. The second-order valence-electron chi connectivity index (χ2n) is 3.93. The quantitative estimate of drug-likeness (QED) is 0.408. The van der Waals surface area contributed by atoms with Gasteiger partial charge in [0.05, 0.1) is 12.5 Å². The van der Waals surface area contributed by atoms with E-state index in [4.69, 9.17) is 5.26 Å². The van der Waals surface area contributed by atoms with Gasteiger partial charge >= 0.3 is 0 Å². The number of hydrogen-bond acceptors (Lipinski definition) is 1. The largest absolute Gasteiger partial charge is 0.198 e. The monoisotopic (exact) mass is 193 g/mol. The van der Waals surface area contributed by atoms with Crippen molar-refractivity contribution in [2.75, 3.05) is 0 Å². The van der Waals surface area contributed by atoms with Crippen molar-refractivity contribution in [3.63, 3.8) is 0 Å². The van der Waals surface area contributed by atoms with E-state index in [1.807, 2.05) is 6.08 Å². The van der Waals surface area contributed by atoms with Crippen molar-refractivity contribution in [1.29, 1.82) is 5.26 Å². The summed E-state index contributed by atoms with van der Waals surface area (Å²) in [6.07, 6.45) is 11.9. The van der Waals surface area contributed by atoms with E-state index in [1.165, 1.54) is 50.5 Å². The summed E-state index contributed by atoms with van der Waals surface area (Å²) in [5.74, 6) is 0. The van der Waals surface area contributed by atoms with Crippen LogP contribution in [-0.2, 0) is 0 Å². The van der Waals surface area contributed by atoms with Gasteiger partial charge in [-0.1, -0.05) is 50.7 Å². The fraction of sp³-hybridized carbons (Fsp3) is 0.769. The number of unbranched alkanes of at least 4 members (excludes halogenated alkanes) is 5. The van der Waals surface area contributed by atoms with Crippen LogP contribution in [0, 0.1) is 11.3 Å². The average Bonchev–Trinajstić information content (AvgIpc) is 2.20. The summed E-state index contributed by atoms with van der Waals surface area (Å²) in [4.78, 5) is 0. The normalized spacial score (nSPS) is 11.4. The van der Waals surface area contributed by atoms with E-state index in [9.17, 15) is 0 Å². The van der Waals surface area contributed by atoms with Crippen LogP contribution >= 0.6 is 0 Å². The zero-order valence-corrected chi connectivity index (χ0v) is 9.68. The minimum Gasteiger partial charge on any atom is -0.198 e. The summed E-state index contributed by atoms with van der Waals surface area (Å²) in [6.45, 7) is 4.37. The lowest BCUT2D eigenvalue weighted by Crippen LogP contribution is -1.81. The highest BCUT2D eigenvalue weighted by Crippen LogP contribution is 2.11. The predicted octanol–water partition coefficient (Wildman–Crippen LogP) is 4.60. The molecular formula is C13H23N. The average molecular weight is 193 g/mol. The van der Waals surface area contributed by atoms with Gasteiger partial charge in [-0.2, -0.15) is 5.26 Å². The molecule has 0 N–H and O–H groups in total. The third-order valence-corrected chi connectivity index (χ3v) is 2.47. The lowest BCUT2D eigenvalue weighted by molar-refractivity contribution is 0.606. The molecule has 0 radical (unpaired) electrons. The van der Waals surface area contributed by atoms with Crippen molar-refractivity contribution >= 4 is 0 Å². The van der Waals surface area contributed by atoms with Crippen molar-refractivity contribution in [1.82, 2.24) is 0 Å². The molecule has 1 nitrogen and oxygen atoms in total.